The highest BCUT2D eigenvalue weighted by atomic mass is 32.2. The second kappa shape index (κ2) is 4.31. The van der Waals surface area contributed by atoms with Crippen LogP contribution in [0.15, 0.2) is 22.1 Å². The first-order chi connectivity index (χ1) is 8.25. The van der Waals surface area contributed by atoms with E-state index in [0.717, 1.165) is 18.5 Å². The van der Waals surface area contributed by atoms with Crippen molar-refractivity contribution in [3.05, 3.63) is 22.1 Å². The summed E-state index contributed by atoms with van der Waals surface area (Å²) in [6, 6.07) is 0.0105. The number of fused-ring (bicyclic) bond motifs is 2. The van der Waals surface area contributed by atoms with Crippen LogP contribution in [0.4, 0.5) is 0 Å². The largest absolute Gasteiger partial charge is 0.324 e. The lowest BCUT2D eigenvalue weighted by Crippen LogP contribution is -2.52. The quantitative estimate of drug-likeness (QED) is 0.671. The number of carbonyl (C=O) groups excluding carboxylic acids is 2. The molecule has 2 N–H and O–H groups in total. The van der Waals surface area contributed by atoms with Crippen LogP contribution in [0.1, 0.15) is 19.3 Å². The van der Waals surface area contributed by atoms with Crippen LogP contribution >= 0.6 is 11.8 Å². The van der Waals surface area contributed by atoms with E-state index in [0.29, 0.717) is 18.7 Å². The summed E-state index contributed by atoms with van der Waals surface area (Å²) >= 11 is 1.59. The molecule has 0 aromatic heterocycles. The van der Waals surface area contributed by atoms with Crippen LogP contribution < -0.4 is 10.6 Å². The van der Waals surface area contributed by atoms with E-state index in [1.807, 2.05) is 5.41 Å². The Bertz CT molecular complexity index is 442. The van der Waals surface area contributed by atoms with Crippen molar-refractivity contribution in [3.8, 4) is 0 Å². The lowest BCUT2D eigenvalue weighted by Gasteiger charge is -2.37. The zero-order valence-electron chi connectivity index (χ0n) is 9.36. The number of rotatable bonds is 0. The summed E-state index contributed by atoms with van der Waals surface area (Å²) in [5.41, 5.74) is 0.925. The number of Topliss-reactive ketones (excluding diaryl/α,β-unsaturated/α-hetero) is 1. The summed E-state index contributed by atoms with van der Waals surface area (Å²) in [6.07, 6.45) is 3.94. The number of carbonyl (C=O) groups is 2. The number of amides is 1. The third-order valence-electron chi connectivity index (χ3n) is 3.53. The van der Waals surface area contributed by atoms with Crippen molar-refractivity contribution in [3.63, 3.8) is 0 Å². The van der Waals surface area contributed by atoms with Crippen LogP contribution in [0.25, 0.3) is 0 Å². The Hall–Kier alpha value is -1.07. The Morgan fingerprint density at radius 3 is 3.06 bits per heavy atom. The molecular weight excluding hydrogens is 236 g/mol. The number of ketones is 1. The third kappa shape index (κ3) is 1.93. The Kier molecular flexibility index (Phi) is 2.80. The molecule has 0 aromatic rings. The minimum absolute atomic E-state index is 0.0105. The normalized spacial score (nSPS) is 32.7. The standard InChI is InChI=1S/C12H14N2O2S/c15-8-3-5-13-11-7(8)1-2-9-12(11)14-10(16)4-6-17-9/h4,6-7,11,13H,1-3,5H2,(H,14,16). The molecule has 3 rings (SSSR count). The summed E-state index contributed by atoms with van der Waals surface area (Å²) in [4.78, 5) is 24.6. The van der Waals surface area contributed by atoms with Gasteiger partial charge in [-0.05, 0) is 18.2 Å². The zero-order chi connectivity index (χ0) is 11.8. The van der Waals surface area contributed by atoms with Gasteiger partial charge < -0.3 is 10.6 Å². The molecule has 2 heterocycles. The van der Waals surface area contributed by atoms with Crippen LogP contribution in [0.3, 0.4) is 0 Å². The molecule has 0 aromatic carbocycles. The lowest BCUT2D eigenvalue weighted by atomic mass is 9.80. The zero-order valence-corrected chi connectivity index (χ0v) is 10.2. The van der Waals surface area contributed by atoms with Crippen LogP contribution in [0, 0.1) is 5.92 Å². The third-order valence-corrected chi connectivity index (χ3v) is 4.51. The van der Waals surface area contributed by atoms with E-state index in [1.54, 1.807) is 17.8 Å². The van der Waals surface area contributed by atoms with Gasteiger partial charge in [0.15, 0.2) is 0 Å². The van der Waals surface area contributed by atoms with Crippen molar-refractivity contribution < 1.29 is 9.59 Å². The van der Waals surface area contributed by atoms with E-state index in [1.165, 1.54) is 4.91 Å². The van der Waals surface area contributed by atoms with E-state index < -0.39 is 0 Å². The number of nitrogens with one attached hydrogen (secondary N) is 2. The molecule has 0 spiro atoms. The van der Waals surface area contributed by atoms with E-state index in [2.05, 4.69) is 10.6 Å². The summed E-state index contributed by atoms with van der Waals surface area (Å²) in [5.74, 6) is 0.279. The first-order valence-electron chi connectivity index (χ1n) is 5.89. The van der Waals surface area contributed by atoms with Crippen molar-refractivity contribution in [1.82, 2.24) is 10.6 Å². The first kappa shape index (κ1) is 11.0. The maximum Gasteiger partial charge on any atom is 0.248 e. The van der Waals surface area contributed by atoms with Gasteiger partial charge in [0, 0.05) is 35.6 Å². The average molecular weight is 250 g/mol. The predicted octanol–water partition coefficient (Wildman–Crippen LogP) is 0.916. The fourth-order valence-corrected chi connectivity index (χ4v) is 3.61. The highest BCUT2D eigenvalue weighted by molar-refractivity contribution is 8.05. The number of allylic oxidation sites excluding steroid dienone is 1. The van der Waals surface area contributed by atoms with Gasteiger partial charge in [-0.1, -0.05) is 0 Å². The molecular formula is C12H14N2O2S. The van der Waals surface area contributed by atoms with E-state index in [4.69, 9.17) is 0 Å². The van der Waals surface area contributed by atoms with Crippen molar-refractivity contribution >= 4 is 23.5 Å². The first-order valence-corrected chi connectivity index (χ1v) is 6.77. The number of hydrogen-bond acceptors (Lipinski definition) is 4. The van der Waals surface area contributed by atoms with E-state index in [9.17, 15) is 9.59 Å². The molecule has 0 radical (unpaired) electrons. The molecule has 90 valence electrons. The van der Waals surface area contributed by atoms with E-state index >= 15 is 0 Å². The van der Waals surface area contributed by atoms with Crippen LogP contribution in [-0.4, -0.2) is 24.3 Å². The second-order valence-electron chi connectivity index (χ2n) is 4.54. The fourth-order valence-electron chi connectivity index (χ4n) is 2.71. The number of piperidine rings is 1. The SMILES string of the molecule is O=C1C=CSC2=C(N1)C1NCCC(=O)C1CC2. The van der Waals surface area contributed by atoms with Gasteiger partial charge >= 0.3 is 0 Å². The molecule has 2 aliphatic heterocycles. The smallest absolute Gasteiger partial charge is 0.248 e. The van der Waals surface area contributed by atoms with Crippen molar-refractivity contribution in [2.24, 2.45) is 5.92 Å². The number of hydrogen-bond donors (Lipinski definition) is 2. The molecule has 5 heteroatoms. The fraction of sp³-hybridized carbons (Fsp3) is 0.500. The van der Waals surface area contributed by atoms with Gasteiger partial charge in [0.2, 0.25) is 5.91 Å². The molecule has 17 heavy (non-hydrogen) atoms. The minimum Gasteiger partial charge on any atom is -0.324 e. The van der Waals surface area contributed by atoms with Gasteiger partial charge in [-0.25, -0.2) is 0 Å². The molecule has 0 bridgehead atoms. The van der Waals surface area contributed by atoms with Gasteiger partial charge in [-0.15, -0.1) is 11.8 Å². The molecule has 1 saturated heterocycles. The molecule has 2 unspecified atom stereocenters. The summed E-state index contributed by atoms with van der Waals surface area (Å²) in [6.45, 7) is 0.713. The van der Waals surface area contributed by atoms with Gasteiger partial charge in [0.05, 0.1) is 6.04 Å². The maximum atomic E-state index is 11.9. The Labute approximate surface area is 104 Å². The van der Waals surface area contributed by atoms with Crippen LogP contribution in [-0.2, 0) is 9.59 Å². The monoisotopic (exact) mass is 250 g/mol. The second-order valence-corrected chi connectivity index (χ2v) is 5.54. The molecule has 1 fully saturated rings. The van der Waals surface area contributed by atoms with Crippen molar-refractivity contribution in [2.45, 2.75) is 25.3 Å². The Balaban J connectivity index is 1.94. The van der Waals surface area contributed by atoms with Crippen LogP contribution in [0.5, 0.6) is 0 Å². The lowest BCUT2D eigenvalue weighted by molar-refractivity contribution is -0.125. The molecule has 4 nitrogen and oxygen atoms in total. The van der Waals surface area contributed by atoms with Gasteiger partial charge in [-0.3, -0.25) is 9.59 Å². The highest BCUT2D eigenvalue weighted by Gasteiger charge is 2.39. The molecule has 1 aliphatic carbocycles. The summed E-state index contributed by atoms with van der Waals surface area (Å²) in [5, 5.41) is 8.11. The van der Waals surface area contributed by atoms with E-state index in [-0.39, 0.29) is 17.9 Å². The predicted molar refractivity (Wildman–Crippen MR) is 66.0 cm³/mol. The van der Waals surface area contributed by atoms with Crippen molar-refractivity contribution in [2.75, 3.05) is 6.54 Å². The highest BCUT2D eigenvalue weighted by Crippen LogP contribution is 2.38. The Morgan fingerprint density at radius 2 is 2.18 bits per heavy atom. The summed E-state index contributed by atoms with van der Waals surface area (Å²) in [7, 11) is 0. The van der Waals surface area contributed by atoms with Crippen LogP contribution in [0.2, 0.25) is 0 Å². The molecule has 3 aliphatic rings. The van der Waals surface area contributed by atoms with Gasteiger partial charge in [-0.2, -0.15) is 0 Å². The topological polar surface area (TPSA) is 58.2 Å². The molecule has 1 amide bonds. The molecule has 2 atom stereocenters. The van der Waals surface area contributed by atoms with Gasteiger partial charge in [0.25, 0.3) is 0 Å². The average Bonchev–Trinajstić information content (AvgIpc) is 2.50. The molecule has 0 saturated carbocycles. The van der Waals surface area contributed by atoms with Gasteiger partial charge in [0.1, 0.15) is 5.78 Å². The summed E-state index contributed by atoms with van der Waals surface area (Å²) < 4.78 is 0. The minimum atomic E-state index is -0.0945. The Morgan fingerprint density at radius 1 is 1.29 bits per heavy atom. The maximum absolute atomic E-state index is 11.9. The van der Waals surface area contributed by atoms with Crippen molar-refractivity contribution in [1.29, 1.82) is 0 Å². The number of thioether (sulfide) groups is 1.